The molecule has 1 aliphatic carbocycles. The molecule has 0 spiro atoms. The van der Waals surface area contributed by atoms with Gasteiger partial charge in [-0.25, -0.2) is 13.2 Å². The van der Waals surface area contributed by atoms with Crippen molar-refractivity contribution in [1.29, 1.82) is 0 Å². The van der Waals surface area contributed by atoms with Crippen LogP contribution >= 0.6 is 0 Å². The van der Waals surface area contributed by atoms with Gasteiger partial charge in [0.25, 0.3) is 5.91 Å². The number of ether oxygens (including phenoxy) is 2. The molecule has 0 aliphatic heterocycles. The molecule has 0 fully saturated rings. The number of hydrogen-bond donors (Lipinski definition) is 1. The van der Waals surface area contributed by atoms with Gasteiger partial charge in [-0.2, -0.15) is 4.31 Å². The third-order valence-corrected chi connectivity index (χ3v) is 8.20. The molecule has 1 N–H and O–H groups in total. The van der Waals surface area contributed by atoms with E-state index in [4.69, 9.17) is 9.47 Å². The predicted molar refractivity (Wildman–Crippen MR) is 139 cm³/mol. The van der Waals surface area contributed by atoms with Crippen LogP contribution in [0, 0.1) is 0 Å². The van der Waals surface area contributed by atoms with Crippen molar-refractivity contribution in [3.63, 3.8) is 0 Å². The van der Waals surface area contributed by atoms with E-state index in [1.54, 1.807) is 0 Å². The minimum atomic E-state index is -3.99. The highest BCUT2D eigenvalue weighted by atomic mass is 32.2. The normalized spacial score (nSPS) is 15.1. The topological polar surface area (TPSA) is 102 Å². The summed E-state index contributed by atoms with van der Waals surface area (Å²) in [5.74, 6) is -1.12. The van der Waals surface area contributed by atoms with E-state index in [9.17, 15) is 18.0 Å². The van der Waals surface area contributed by atoms with Crippen molar-refractivity contribution in [3.05, 3.63) is 95.1 Å². The number of carbonyl (C=O) groups excluding carboxylic acids is 2. The molecule has 3 aromatic rings. The molecule has 8 nitrogen and oxygen atoms in total. The van der Waals surface area contributed by atoms with Gasteiger partial charge in [0.2, 0.25) is 10.0 Å². The van der Waals surface area contributed by atoms with Crippen LogP contribution in [0.1, 0.15) is 45.9 Å². The van der Waals surface area contributed by atoms with E-state index in [1.807, 2.05) is 48.5 Å². The molecule has 0 unspecified atom stereocenters. The minimum absolute atomic E-state index is 0.00305. The number of sulfonamides is 1. The van der Waals surface area contributed by atoms with Crippen LogP contribution in [-0.2, 0) is 32.5 Å². The lowest BCUT2D eigenvalue weighted by Crippen LogP contribution is -2.34. The summed E-state index contributed by atoms with van der Waals surface area (Å²) in [7, 11) is -1.18. The first-order valence-corrected chi connectivity index (χ1v) is 13.5. The van der Waals surface area contributed by atoms with Crippen LogP contribution in [0.5, 0.6) is 5.75 Å². The van der Waals surface area contributed by atoms with Crippen LogP contribution in [0.25, 0.3) is 0 Å². The Hall–Kier alpha value is -3.69. The fraction of sp³-hybridized carbons (Fsp3) is 0.286. The Balaban J connectivity index is 1.43. The number of hydrogen-bond acceptors (Lipinski definition) is 6. The van der Waals surface area contributed by atoms with Gasteiger partial charge in [0.05, 0.1) is 18.7 Å². The SMILES string of the molecule is COc1ccc(C(=O)OCC(=O)N[C@H]2CCCc3ccccc32)cc1S(=O)(=O)N(C)Cc1ccccc1. The number of methoxy groups -OCH3 is 1. The number of fused-ring (bicyclic) bond motifs is 1. The average molecular weight is 523 g/mol. The lowest BCUT2D eigenvalue weighted by Gasteiger charge is -2.26. The van der Waals surface area contributed by atoms with Crippen LogP contribution in [0.4, 0.5) is 0 Å². The zero-order valence-corrected chi connectivity index (χ0v) is 21.7. The van der Waals surface area contributed by atoms with Gasteiger partial charge in [-0.3, -0.25) is 4.79 Å². The first-order valence-electron chi connectivity index (χ1n) is 12.0. The van der Waals surface area contributed by atoms with Gasteiger partial charge in [0, 0.05) is 13.6 Å². The average Bonchev–Trinajstić information content (AvgIpc) is 2.92. The first-order chi connectivity index (χ1) is 17.8. The van der Waals surface area contributed by atoms with E-state index in [0.717, 1.165) is 30.4 Å². The Bertz CT molecular complexity index is 1370. The zero-order chi connectivity index (χ0) is 26.4. The fourth-order valence-corrected chi connectivity index (χ4v) is 5.79. The maximum Gasteiger partial charge on any atom is 0.338 e. The van der Waals surface area contributed by atoms with Crippen molar-refractivity contribution in [3.8, 4) is 5.75 Å². The van der Waals surface area contributed by atoms with E-state index in [1.165, 1.54) is 42.2 Å². The van der Waals surface area contributed by atoms with Gasteiger partial charge in [-0.05, 0) is 54.2 Å². The van der Waals surface area contributed by atoms with Gasteiger partial charge in [0.15, 0.2) is 6.61 Å². The third kappa shape index (κ3) is 6.18. The predicted octanol–water partition coefficient (Wildman–Crippen LogP) is 3.87. The third-order valence-electron chi connectivity index (χ3n) is 6.37. The van der Waals surface area contributed by atoms with E-state index in [-0.39, 0.29) is 28.8 Å². The Morgan fingerprint density at radius 3 is 2.51 bits per heavy atom. The Morgan fingerprint density at radius 2 is 1.76 bits per heavy atom. The van der Waals surface area contributed by atoms with Crippen molar-refractivity contribution < 1.29 is 27.5 Å². The molecule has 0 saturated carbocycles. The molecule has 0 radical (unpaired) electrons. The maximum absolute atomic E-state index is 13.3. The van der Waals surface area contributed by atoms with Crippen LogP contribution in [0.2, 0.25) is 0 Å². The fourth-order valence-electron chi connectivity index (χ4n) is 4.45. The molecule has 3 aromatic carbocycles. The van der Waals surface area contributed by atoms with Gasteiger partial charge in [0.1, 0.15) is 10.6 Å². The Morgan fingerprint density at radius 1 is 1.03 bits per heavy atom. The molecule has 194 valence electrons. The molecule has 1 amide bonds. The van der Waals surface area contributed by atoms with E-state index < -0.39 is 28.5 Å². The molecule has 0 bridgehead atoms. The molecule has 0 heterocycles. The summed E-state index contributed by atoms with van der Waals surface area (Å²) >= 11 is 0. The quantitative estimate of drug-likeness (QED) is 0.428. The van der Waals surface area contributed by atoms with E-state index in [2.05, 4.69) is 11.4 Å². The summed E-state index contributed by atoms with van der Waals surface area (Å²) in [6.07, 6.45) is 2.75. The highest BCUT2D eigenvalue weighted by Crippen LogP contribution is 2.30. The molecular weight excluding hydrogens is 492 g/mol. The Labute approximate surface area is 217 Å². The molecule has 1 atom stereocenters. The largest absolute Gasteiger partial charge is 0.495 e. The van der Waals surface area contributed by atoms with Crippen molar-refractivity contribution in [2.45, 2.75) is 36.7 Å². The zero-order valence-electron chi connectivity index (χ0n) is 20.8. The summed E-state index contributed by atoms with van der Waals surface area (Å²) in [5.41, 5.74) is 3.11. The second-order valence-electron chi connectivity index (χ2n) is 8.90. The highest BCUT2D eigenvalue weighted by Gasteiger charge is 2.27. The summed E-state index contributed by atoms with van der Waals surface area (Å²) in [6, 6.07) is 21.0. The van der Waals surface area contributed by atoms with Crippen molar-refractivity contribution in [2.24, 2.45) is 0 Å². The number of rotatable bonds is 9. The van der Waals surface area contributed by atoms with Crippen molar-refractivity contribution in [1.82, 2.24) is 9.62 Å². The van der Waals surface area contributed by atoms with E-state index >= 15 is 0 Å². The molecule has 37 heavy (non-hydrogen) atoms. The van der Waals surface area contributed by atoms with Gasteiger partial charge in [-0.1, -0.05) is 54.6 Å². The van der Waals surface area contributed by atoms with Gasteiger partial charge < -0.3 is 14.8 Å². The summed E-state index contributed by atoms with van der Waals surface area (Å²) < 4.78 is 38.3. The lowest BCUT2D eigenvalue weighted by molar-refractivity contribution is -0.125. The lowest BCUT2D eigenvalue weighted by atomic mass is 9.88. The molecule has 1 aliphatic rings. The van der Waals surface area contributed by atoms with Crippen molar-refractivity contribution in [2.75, 3.05) is 20.8 Å². The van der Waals surface area contributed by atoms with Crippen LogP contribution in [0.15, 0.2) is 77.7 Å². The Kier molecular flexibility index (Phi) is 8.25. The van der Waals surface area contributed by atoms with Crippen LogP contribution < -0.4 is 10.1 Å². The monoisotopic (exact) mass is 522 g/mol. The van der Waals surface area contributed by atoms with Crippen LogP contribution in [0.3, 0.4) is 0 Å². The second-order valence-corrected chi connectivity index (χ2v) is 10.9. The number of esters is 1. The molecule has 0 aromatic heterocycles. The molecular formula is C28H30N2O6S. The summed E-state index contributed by atoms with van der Waals surface area (Å²) in [6.45, 7) is -0.328. The number of benzene rings is 3. The van der Waals surface area contributed by atoms with Crippen LogP contribution in [-0.4, -0.2) is 45.4 Å². The molecule has 4 rings (SSSR count). The number of aryl methyl sites for hydroxylation is 1. The maximum atomic E-state index is 13.3. The van der Waals surface area contributed by atoms with Gasteiger partial charge >= 0.3 is 5.97 Å². The number of carbonyl (C=O) groups is 2. The van der Waals surface area contributed by atoms with Gasteiger partial charge in [-0.15, -0.1) is 0 Å². The number of amides is 1. The number of nitrogens with one attached hydrogen (secondary N) is 1. The minimum Gasteiger partial charge on any atom is -0.495 e. The molecule has 0 saturated heterocycles. The summed E-state index contributed by atoms with van der Waals surface area (Å²) in [4.78, 5) is 25.1. The highest BCUT2D eigenvalue weighted by molar-refractivity contribution is 7.89. The molecule has 9 heteroatoms. The summed E-state index contributed by atoms with van der Waals surface area (Å²) in [5, 5.41) is 2.94. The number of nitrogens with zero attached hydrogens (tertiary/aromatic N) is 1. The smallest absolute Gasteiger partial charge is 0.338 e. The second kappa shape index (κ2) is 11.6. The first kappa shape index (κ1) is 26.4. The van der Waals surface area contributed by atoms with E-state index in [0.29, 0.717) is 0 Å². The standard InChI is InChI=1S/C28H30N2O6S/c1-30(18-20-9-4-3-5-10-20)37(33,34)26-17-22(15-16-25(26)35-2)28(32)36-19-27(31)29-24-14-8-12-21-11-6-7-13-23(21)24/h3-7,9-11,13,15-17,24H,8,12,14,18-19H2,1-2H3,(H,29,31)/t24-/m0/s1. The van der Waals surface area contributed by atoms with Crippen molar-refractivity contribution >= 4 is 21.9 Å².